The predicted octanol–water partition coefficient (Wildman–Crippen LogP) is 3.12. The fourth-order valence-electron chi connectivity index (χ4n) is 3.72. The molecule has 1 aromatic carbocycles. The lowest BCUT2D eigenvalue weighted by molar-refractivity contribution is 0.0954. The second-order valence-corrected chi connectivity index (χ2v) is 9.18. The molecule has 2 atom stereocenters. The normalized spacial score (nSPS) is 17.6. The van der Waals surface area contributed by atoms with E-state index in [0.717, 1.165) is 5.56 Å². The van der Waals surface area contributed by atoms with Crippen molar-refractivity contribution < 1.29 is 19.4 Å². The number of urea groups is 1. The van der Waals surface area contributed by atoms with Crippen molar-refractivity contribution in [1.29, 1.82) is 0 Å². The van der Waals surface area contributed by atoms with Crippen LogP contribution in [0, 0.1) is 5.82 Å². The van der Waals surface area contributed by atoms with Crippen molar-refractivity contribution in [1.82, 2.24) is 14.9 Å². The predicted molar refractivity (Wildman–Crippen MR) is 123 cm³/mol. The van der Waals surface area contributed by atoms with E-state index in [1.54, 1.807) is 23.2 Å². The molecule has 170 valence electrons. The van der Waals surface area contributed by atoms with Crippen LogP contribution in [0.5, 0.6) is 0 Å². The summed E-state index contributed by atoms with van der Waals surface area (Å²) in [6, 6.07) is 5.70. The van der Waals surface area contributed by atoms with E-state index in [0.29, 0.717) is 45.8 Å². The number of amides is 2. The minimum absolute atomic E-state index is 0.107. The van der Waals surface area contributed by atoms with Gasteiger partial charge in [-0.3, -0.25) is 5.32 Å². The van der Waals surface area contributed by atoms with Crippen molar-refractivity contribution in [2.75, 3.05) is 36.5 Å². The van der Waals surface area contributed by atoms with Gasteiger partial charge in [-0.25, -0.2) is 19.2 Å². The number of carbonyl (C=O) groups is 1. The first-order chi connectivity index (χ1) is 15.3. The third kappa shape index (κ3) is 4.93. The van der Waals surface area contributed by atoms with Crippen LogP contribution in [0.1, 0.15) is 12.5 Å². The molecule has 3 aromatic rings. The van der Waals surface area contributed by atoms with Crippen molar-refractivity contribution in [2.24, 2.45) is 0 Å². The highest BCUT2D eigenvalue weighted by atomic mass is 35.5. The quantitative estimate of drug-likeness (QED) is 0.519. The Hall–Kier alpha value is -2.53. The van der Waals surface area contributed by atoms with Crippen LogP contribution in [0.3, 0.4) is 0 Å². The minimum atomic E-state index is -0.852. The van der Waals surface area contributed by atoms with Crippen molar-refractivity contribution in [3.8, 4) is 0 Å². The summed E-state index contributed by atoms with van der Waals surface area (Å²) in [5.41, 5.74) is 1.38. The maximum Gasteiger partial charge on any atom is 0.324 e. The van der Waals surface area contributed by atoms with Crippen molar-refractivity contribution >= 4 is 50.1 Å². The number of benzene rings is 1. The fourth-order valence-corrected chi connectivity index (χ4v) is 4.91. The van der Waals surface area contributed by atoms with E-state index >= 15 is 0 Å². The maximum atomic E-state index is 13.4. The van der Waals surface area contributed by atoms with Gasteiger partial charge in [-0.1, -0.05) is 22.9 Å². The topological polar surface area (TPSA) is 102 Å². The number of piperazine rings is 1. The van der Waals surface area contributed by atoms with Gasteiger partial charge in [-0.2, -0.15) is 0 Å². The molecule has 11 heteroatoms. The summed E-state index contributed by atoms with van der Waals surface area (Å²) in [5.74, 6) is 0.280. The number of hydrogen-bond acceptors (Lipinski definition) is 7. The van der Waals surface area contributed by atoms with Crippen LogP contribution >= 0.6 is 22.9 Å². The second kappa shape index (κ2) is 9.53. The number of aliphatic hydroxyl groups excluding tert-OH is 2. The zero-order valence-corrected chi connectivity index (χ0v) is 18.9. The van der Waals surface area contributed by atoms with Crippen LogP contribution in [0.4, 0.5) is 20.1 Å². The van der Waals surface area contributed by atoms with Gasteiger partial charge in [0.15, 0.2) is 5.13 Å². The number of thiazole rings is 1. The van der Waals surface area contributed by atoms with E-state index in [4.69, 9.17) is 16.7 Å². The third-order valence-electron chi connectivity index (χ3n) is 5.31. The number of nitrogens with one attached hydrogen (secondary N) is 1. The first-order valence-electron chi connectivity index (χ1n) is 10.2. The molecular weight excluding hydrogens is 457 g/mol. The summed E-state index contributed by atoms with van der Waals surface area (Å²) in [7, 11) is 0. The Morgan fingerprint density at radius 2 is 2.22 bits per heavy atom. The van der Waals surface area contributed by atoms with Crippen LogP contribution in [0.25, 0.3) is 10.2 Å². The van der Waals surface area contributed by atoms with Gasteiger partial charge < -0.3 is 20.0 Å². The molecule has 0 aliphatic carbocycles. The molecule has 2 amide bonds. The number of aromatic nitrogens is 2. The number of hydrogen-bond donors (Lipinski definition) is 3. The average Bonchev–Trinajstić information content (AvgIpc) is 3.14. The van der Waals surface area contributed by atoms with Gasteiger partial charge in [0.1, 0.15) is 11.6 Å². The van der Waals surface area contributed by atoms with E-state index in [1.165, 1.54) is 23.5 Å². The molecule has 0 spiro atoms. The number of pyridine rings is 1. The van der Waals surface area contributed by atoms with Gasteiger partial charge in [0.2, 0.25) is 0 Å². The molecule has 3 N–H and O–H groups in total. The number of halogens is 2. The van der Waals surface area contributed by atoms with Gasteiger partial charge in [-0.15, -0.1) is 0 Å². The van der Waals surface area contributed by atoms with Gasteiger partial charge in [-0.05, 0) is 36.8 Å². The third-order valence-corrected chi connectivity index (χ3v) is 6.52. The van der Waals surface area contributed by atoms with Crippen LogP contribution in [-0.2, 0) is 6.42 Å². The van der Waals surface area contributed by atoms with Crippen LogP contribution in [-0.4, -0.2) is 69.5 Å². The summed E-state index contributed by atoms with van der Waals surface area (Å²) in [6.45, 7) is 3.18. The molecule has 4 rings (SSSR count). The molecule has 1 aliphatic rings. The Bertz CT molecular complexity index is 1130. The van der Waals surface area contributed by atoms with Crippen molar-refractivity contribution in [3.05, 3.63) is 46.9 Å². The van der Waals surface area contributed by atoms with E-state index in [1.807, 2.05) is 11.8 Å². The second-order valence-electron chi connectivity index (χ2n) is 7.74. The molecule has 0 radical (unpaired) electrons. The molecule has 8 nitrogen and oxygen atoms in total. The average molecular weight is 480 g/mol. The zero-order chi connectivity index (χ0) is 22.8. The summed E-state index contributed by atoms with van der Waals surface area (Å²) in [6.07, 6.45) is 1.06. The van der Waals surface area contributed by atoms with Crippen molar-refractivity contribution in [2.45, 2.75) is 25.5 Å². The Morgan fingerprint density at radius 1 is 1.41 bits per heavy atom. The van der Waals surface area contributed by atoms with Gasteiger partial charge in [0.25, 0.3) is 0 Å². The lowest BCUT2D eigenvalue weighted by Gasteiger charge is -2.40. The molecule has 0 saturated carbocycles. The Labute approximate surface area is 193 Å². The lowest BCUT2D eigenvalue weighted by Crippen LogP contribution is -2.55. The first-order valence-corrected chi connectivity index (χ1v) is 11.4. The Balaban J connectivity index is 1.39. The molecular formula is C21H23ClFN5O3S. The fraction of sp³-hybridized carbons (Fsp3) is 0.381. The number of carbonyl (C=O) groups excluding carboxylic acids is 1. The van der Waals surface area contributed by atoms with Gasteiger partial charge >= 0.3 is 6.03 Å². The summed E-state index contributed by atoms with van der Waals surface area (Å²) >= 11 is 7.65. The SMILES string of the molecule is C[C@H]1CN(c2ncc(C[C@@H](O)CO)cc2Cl)CCN1C(=O)Nc1nc2ccc(F)cc2s1. The van der Waals surface area contributed by atoms with Crippen LogP contribution in [0.2, 0.25) is 5.02 Å². The molecule has 2 aromatic heterocycles. The number of rotatable bonds is 5. The number of aliphatic hydroxyl groups is 2. The smallest absolute Gasteiger partial charge is 0.324 e. The molecule has 0 bridgehead atoms. The molecule has 3 heterocycles. The number of nitrogens with zero attached hydrogens (tertiary/aromatic N) is 4. The summed E-state index contributed by atoms with van der Waals surface area (Å²) < 4.78 is 14.1. The Morgan fingerprint density at radius 3 is 2.94 bits per heavy atom. The molecule has 0 unspecified atom stereocenters. The molecule has 1 aliphatic heterocycles. The molecule has 1 fully saturated rings. The highest BCUT2D eigenvalue weighted by Crippen LogP contribution is 2.29. The van der Waals surface area contributed by atoms with E-state index in [-0.39, 0.29) is 30.9 Å². The maximum absolute atomic E-state index is 13.4. The van der Waals surface area contributed by atoms with Crippen LogP contribution in [0.15, 0.2) is 30.5 Å². The van der Waals surface area contributed by atoms with Gasteiger partial charge in [0, 0.05) is 38.3 Å². The van der Waals surface area contributed by atoms with Crippen molar-refractivity contribution in [3.63, 3.8) is 0 Å². The largest absolute Gasteiger partial charge is 0.394 e. The minimum Gasteiger partial charge on any atom is -0.394 e. The first kappa shape index (κ1) is 22.7. The van der Waals surface area contributed by atoms with Gasteiger partial charge in [0.05, 0.1) is 28.0 Å². The summed E-state index contributed by atoms with van der Waals surface area (Å²) in [5, 5.41) is 22.3. The lowest BCUT2D eigenvalue weighted by atomic mass is 10.1. The Kier molecular flexibility index (Phi) is 6.75. The highest BCUT2D eigenvalue weighted by molar-refractivity contribution is 7.22. The molecule has 1 saturated heterocycles. The monoisotopic (exact) mass is 479 g/mol. The van der Waals surface area contributed by atoms with Crippen LogP contribution < -0.4 is 10.2 Å². The molecule has 32 heavy (non-hydrogen) atoms. The van der Waals surface area contributed by atoms with E-state index < -0.39 is 6.10 Å². The standard InChI is InChI=1S/C21H23ClFN5O3S/c1-12-10-27(19-16(22)7-13(9-24-19)6-15(30)11-29)4-5-28(12)21(31)26-20-25-17-3-2-14(23)8-18(17)32-20/h2-3,7-9,12,15,29-30H,4-6,10-11H2,1H3,(H,25,26,31)/t12-,15+/m0/s1. The van der Waals surface area contributed by atoms with E-state index in [9.17, 15) is 14.3 Å². The number of anilines is 2. The van der Waals surface area contributed by atoms with E-state index in [2.05, 4.69) is 15.3 Å². The summed E-state index contributed by atoms with van der Waals surface area (Å²) in [4.78, 5) is 25.3. The highest BCUT2D eigenvalue weighted by Gasteiger charge is 2.29. The number of fused-ring (bicyclic) bond motifs is 1. The zero-order valence-electron chi connectivity index (χ0n) is 17.3.